The lowest BCUT2D eigenvalue weighted by atomic mass is 10.1. The second kappa shape index (κ2) is 6.01. The van der Waals surface area contributed by atoms with Crippen molar-refractivity contribution in [1.29, 1.82) is 0 Å². The summed E-state index contributed by atoms with van der Waals surface area (Å²) in [6.07, 6.45) is 1.12. The van der Waals surface area contributed by atoms with E-state index in [1.54, 1.807) is 11.3 Å². The van der Waals surface area contributed by atoms with E-state index in [-0.39, 0.29) is 0 Å². The van der Waals surface area contributed by atoms with Crippen LogP contribution in [-0.4, -0.2) is 11.5 Å². The maximum absolute atomic E-state index is 4.75. The van der Waals surface area contributed by atoms with Crippen LogP contribution in [0, 0.1) is 0 Å². The number of benzene rings is 1. The zero-order chi connectivity index (χ0) is 13.0. The molecule has 1 N–H and O–H groups in total. The van der Waals surface area contributed by atoms with E-state index < -0.39 is 0 Å². The molecule has 0 spiro atoms. The summed E-state index contributed by atoms with van der Waals surface area (Å²) in [4.78, 5) is 6.11. The van der Waals surface area contributed by atoms with Gasteiger partial charge in [-0.15, -0.1) is 11.3 Å². The third-order valence-electron chi connectivity index (χ3n) is 2.75. The van der Waals surface area contributed by atoms with E-state index in [9.17, 15) is 0 Å². The Labute approximate surface area is 113 Å². The predicted octanol–water partition coefficient (Wildman–Crippen LogP) is 4.76. The molecule has 0 aliphatic rings. The highest BCUT2D eigenvalue weighted by Gasteiger charge is 2.15. The Morgan fingerprint density at radius 1 is 1.22 bits per heavy atom. The van der Waals surface area contributed by atoms with Crippen molar-refractivity contribution in [2.75, 3.05) is 11.9 Å². The van der Waals surface area contributed by atoms with Crippen molar-refractivity contribution in [3.05, 3.63) is 35.2 Å². The van der Waals surface area contributed by atoms with Crippen molar-refractivity contribution < 1.29 is 0 Å². The van der Waals surface area contributed by atoms with Gasteiger partial charge in [-0.1, -0.05) is 51.1 Å². The van der Waals surface area contributed by atoms with Crippen LogP contribution in [0.15, 0.2) is 30.3 Å². The SMILES string of the molecule is CCCNc1nc(-c2ccccc2)c(C(C)C)s1. The lowest BCUT2D eigenvalue weighted by Gasteiger charge is -2.04. The number of hydrogen-bond acceptors (Lipinski definition) is 3. The molecule has 0 unspecified atom stereocenters. The van der Waals surface area contributed by atoms with Crippen LogP contribution in [0.3, 0.4) is 0 Å². The molecule has 0 aliphatic heterocycles. The van der Waals surface area contributed by atoms with E-state index in [1.807, 2.05) is 6.07 Å². The molecular weight excluding hydrogens is 240 g/mol. The molecule has 3 heteroatoms. The first-order chi connectivity index (χ1) is 8.72. The van der Waals surface area contributed by atoms with Crippen molar-refractivity contribution in [2.45, 2.75) is 33.1 Å². The quantitative estimate of drug-likeness (QED) is 0.838. The van der Waals surface area contributed by atoms with Crippen LogP contribution in [0.4, 0.5) is 5.13 Å². The summed E-state index contributed by atoms with van der Waals surface area (Å²) in [5, 5.41) is 4.43. The number of aromatic nitrogens is 1. The summed E-state index contributed by atoms with van der Waals surface area (Å²) >= 11 is 1.78. The second-order valence-corrected chi connectivity index (χ2v) is 5.71. The van der Waals surface area contributed by atoms with Gasteiger partial charge in [0.2, 0.25) is 0 Å². The molecule has 2 aromatic rings. The zero-order valence-electron chi connectivity index (χ0n) is 11.2. The van der Waals surface area contributed by atoms with E-state index in [0.717, 1.165) is 23.8 Å². The second-order valence-electron chi connectivity index (χ2n) is 4.68. The first kappa shape index (κ1) is 13.1. The smallest absolute Gasteiger partial charge is 0.183 e. The lowest BCUT2D eigenvalue weighted by Crippen LogP contribution is -1.98. The van der Waals surface area contributed by atoms with Gasteiger partial charge in [-0.3, -0.25) is 0 Å². The molecule has 0 fully saturated rings. The van der Waals surface area contributed by atoms with E-state index in [2.05, 4.69) is 50.4 Å². The van der Waals surface area contributed by atoms with Crippen molar-refractivity contribution in [1.82, 2.24) is 4.98 Å². The van der Waals surface area contributed by atoms with E-state index >= 15 is 0 Å². The summed E-state index contributed by atoms with van der Waals surface area (Å²) in [7, 11) is 0. The highest BCUT2D eigenvalue weighted by atomic mass is 32.1. The molecule has 96 valence electrons. The molecule has 1 aromatic carbocycles. The molecule has 0 saturated carbocycles. The van der Waals surface area contributed by atoms with Gasteiger partial charge in [0.1, 0.15) is 0 Å². The van der Waals surface area contributed by atoms with Gasteiger partial charge >= 0.3 is 0 Å². The average Bonchev–Trinajstić information content (AvgIpc) is 2.82. The Morgan fingerprint density at radius 3 is 2.56 bits per heavy atom. The standard InChI is InChI=1S/C15H20N2S/c1-4-10-16-15-17-13(14(18-15)11(2)3)12-8-6-5-7-9-12/h5-9,11H,4,10H2,1-3H3,(H,16,17). The van der Waals surface area contributed by atoms with E-state index in [1.165, 1.54) is 10.4 Å². The van der Waals surface area contributed by atoms with Gasteiger partial charge in [-0.2, -0.15) is 0 Å². The van der Waals surface area contributed by atoms with Crippen LogP contribution in [0.2, 0.25) is 0 Å². The van der Waals surface area contributed by atoms with Crippen molar-refractivity contribution in [3.8, 4) is 11.3 Å². The lowest BCUT2D eigenvalue weighted by molar-refractivity contribution is 0.888. The predicted molar refractivity (Wildman–Crippen MR) is 80.4 cm³/mol. The van der Waals surface area contributed by atoms with E-state index in [4.69, 9.17) is 4.98 Å². The number of anilines is 1. The summed E-state index contributed by atoms with van der Waals surface area (Å²) in [5.74, 6) is 0.509. The minimum atomic E-state index is 0.509. The van der Waals surface area contributed by atoms with Crippen LogP contribution < -0.4 is 5.32 Å². The van der Waals surface area contributed by atoms with Gasteiger partial charge in [-0.05, 0) is 12.3 Å². The largest absolute Gasteiger partial charge is 0.362 e. The molecule has 0 bridgehead atoms. The first-order valence-corrected chi connectivity index (χ1v) is 7.34. The normalized spacial score (nSPS) is 10.9. The fraction of sp³-hybridized carbons (Fsp3) is 0.400. The molecule has 2 nitrogen and oxygen atoms in total. The molecule has 1 aromatic heterocycles. The summed E-state index contributed by atoms with van der Waals surface area (Å²) in [5.41, 5.74) is 2.34. The van der Waals surface area contributed by atoms with Gasteiger partial charge < -0.3 is 5.32 Å². The molecule has 0 atom stereocenters. The highest BCUT2D eigenvalue weighted by molar-refractivity contribution is 7.16. The number of rotatable bonds is 5. The fourth-order valence-electron chi connectivity index (χ4n) is 1.83. The summed E-state index contributed by atoms with van der Waals surface area (Å²) in [6.45, 7) is 7.61. The van der Waals surface area contributed by atoms with Crippen LogP contribution in [-0.2, 0) is 0 Å². The van der Waals surface area contributed by atoms with Crippen LogP contribution in [0.5, 0.6) is 0 Å². The molecule has 2 rings (SSSR count). The maximum atomic E-state index is 4.75. The Kier molecular flexibility index (Phi) is 4.37. The van der Waals surface area contributed by atoms with Crippen molar-refractivity contribution in [3.63, 3.8) is 0 Å². The molecule has 0 saturated heterocycles. The Morgan fingerprint density at radius 2 is 1.94 bits per heavy atom. The topological polar surface area (TPSA) is 24.9 Å². The van der Waals surface area contributed by atoms with Crippen molar-refractivity contribution in [2.24, 2.45) is 0 Å². The molecule has 0 aliphatic carbocycles. The van der Waals surface area contributed by atoms with Gasteiger partial charge in [0.15, 0.2) is 5.13 Å². The number of nitrogens with one attached hydrogen (secondary N) is 1. The van der Waals surface area contributed by atoms with Crippen LogP contribution in [0.25, 0.3) is 11.3 Å². The average molecular weight is 260 g/mol. The van der Waals surface area contributed by atoms with Gasteiger partial charge in [-0.25, -0.2) is 4.98 Å². The van der Waals surface area contributed by atoms with Gasteiger partial charge in [0.05, 0.1) is 5.69 Å². The molecule has 18 heavy (non-hydrogen) atoms. The number of hydrogen-bond donors (Lipinski definition) is 1. The Bertz CT molecular complexity index is 488. The van der Waals surface area contributed by atoms with Crippen molar-refractivity contribution >= 4 is 16.5 Å². The minimum Gasteiger partial charge on any atom is -0.362 e. The molecular formula is C15H20N2S. The maximum Gasteiger partial charge on any atom is 0.183 e. The van der Waals surface area contributed by atoms with Gasteiger partial charge in [0, 0.05) is 17.0 Å². The number of nitrogens with zero attached hydrogens (tertiary/aromatic N) is 1. The summed E-state index contributed by atoms with van der Waals surface area (Å²) in [6, 6.07) is 10.4. The molecule has 0 amide bonds. The Balaban J connectivity index is 2.36. The van der Waals surface area contributed by atoms with Crippen LogP contribution >= 0.6 is 11.3 Å². The highest BCUT2D eigenvalue weighted by Crippen LogP contribution is 2.35. The summed E-state index contributed by atoms with van der Waals surface area (Å²) < 4.78 is 0. The van der Waals surface area contributed by atoms with Gasteiger partial charge in [0.25, 0.3) is 0 Å². The number of thiazole rings is 1. The zero-order valence-corrected chi connectivity index (χ0v) is 12.1. The first-order valence-electron chi connectivity index (χ1n) is 6.52. The molecule has 0 radical (unpaired) electrons. The molecule has 1 heterocycles. The third-order valence-corrected chi connectivity index (χ3v) is 4.06. The van der Waals surface area contributed by atoms with E-state index in [0.29, 0.717) is 5.92 Å². The Hall–Kier alpha value is -1.35. The third kappa shape index (κ3) is 2.91. The minimum absolute atomic E-state index is 0.509. The monoisotopic (exact) mass is 260 g/mol. The fourth-order valence-corrected chi connectivity index (χ4v) is 2.85. The van der Waals surface area contributed by atoms with Crippen LogP contribution in [0.1, 0.15) is 38.0 Å².